The molecule has 2 aliphatic heterocycles. The summed E-state index contributed by atoms with van der Waals surface area (Å²) in [6.07, 6.45) is 6.51. The number of likely N-dealkylation sites (tertiary alicyclic amines) is 1. The maximum Gasteiger partial charge on any atom is 0.274 e. The van der Waals surface area contributed by atoms with Gasteiger partial charge in [-0.15, -0.1) is 0 Å². The Morgan fingerprint density at radius 2 is 2.40 bits per heavy atom. The second-order valence-electron chi connectivity index (χ2n) is 7.57. The van der Waals surface area contributed by atoms with Gasteiger partial charge in [0.15, 0.2) is 0 Å². The number of carbonyl (C=O) groups excluding carboxylic acids is 1. The molecular formula is C18H30N4O3. The summed E-state index contributed by atoms with van der Waals surface area (Å²) < 4.78 is 13.2. The minimum absolute atomic E-state index is 0.0175. The molecule has 0 bridgehead atoms. The summed E-state index contributed by atoms with van der Waals surface area (Å²) in [7, 11) is 5.74. The molecule has 140 valence electrons. The minimum atomic E-state index is -0.171. The largest absolute Gasteiger partial charge is 0.383 e. The summed E-state index contributed by atoms with van der Waals surface area (Å²) >= 11 is 0. The van der Waals surface area contributed by atoms with Gasteiger partial charge in [0.25, 0.3) is 5.91 Å². The van der Waals surface area contributed by atoms with Crippen LogP contribution >= 0.6 is 0 Å². The number of carbonyl (C=O) groups is 1. The number of likely N-dealkylation sites (N-methyl/N-ethyl adjacent to an activating group) is 1. The fourth-order valence-corrected chi connectivity index (χ4v) is 4.08. The smallest absolute Gasteiger partial charge is 0.274 e. The third kappa shape index (κ3) is 4.40. The van der Waals surface area contributed by atoms with Crippen molar-refractivity contribution in [2.75, 3.05) is 53.6 Å². The molecule has 0 radical (unpaired) electrons. The summed E-state index contributed by atoms with van der Waals surface area (Å²) in [6, 6.07) is 0. The van der Waals surface area contributed by atoms with E-state index in [1.54, 1.807) is 19.6 Å². The predicted molar refractivity (Wildman–Crippen MR) is 94.5 cm³/mol. The molecule has 0 saturated carbocycles. The molecule has 0 N–H and O–H groups in total. The van der Waals surface area contributed by atoms with Gasteiger partial charge in [-0.05, 0) is 32.2 Å². The molecule has 2 atom stereocenters. The highest BCUT2D eigenvalue weighted by Crippen LogP contribution is 2.38. The lowest BCUT2D eigenvalue weighted by Gasteiger charge is -2.39. The van der Waals surface area contributed by atoms with E-state index in [1.165, 1.54) is 0 Å². The van der Waals surface area contributed by atoms with E-state index in [0.29, 0.717) is 18.2 Å². The zero-order valence-corrected chi connectivity index (χ0v) is 15.6. The Kier molecular flexibility index (Phi) is 5.76. The van der Waals surface area contributed by atoms with Crippen molar-refractivity contribution in [1.29, 1.82) is 0 Å². The van der Waals surface area contributed by atoms with Gasteiger partial charge < -0.3 is 23.8 Å². The van der Waals surface area contributed by atoms with Crippen LogP contribution in [-0.4, -0.2) is 84.4 Å². The summed E-state index contributed by atoms with van der Waals surface area (Å²) in [4.78, 5) is 21.1. The second-order valence-corrected chi connectivity index (χ2v) is 7.57. The highest BCUT2D eigenvalue weighted by Gasteiger charge is 2.44. The van der Waals surface area contributed by atoms with Crippen LogP contribution in [0.4, 0.5) is 0 Å². The third-order valence-electron chi connectivity index (χ3n) is 5.28. The number of imidazole rings is 1. The summed E-state index contributed by atoms with van der Waals surface area (Å²) in [5.41, 5.74) is 0.350. The Labute approximate surface area is 149 Å². The first-order chi connectivity index (χ1) is 12.0. The van der Waals surface area contributed by atoms with Gasteiger partial charge in [0, 0.05) is 40.0 Å². The van der Waals surface area contributed by atoms with Crippen LogP contribution in [0.2, 0.25) is 0 Å². The lowest BCUT2D eigenvalue weighted by Crippen LogP contribution is -2.50. The number of amides is 1. The summed E-state index contributed by atoms with van der Waals surface area (Å²) in [5.74, 6) is 0.538. The number of rotatable bonds is 6. The fraction of sp³-hybridized carbons (Fsp3) is 0.778. The maximum absolute atomic E-state index is 12.7. The maximum atomic E-state index is 12.7. The van der Waals surface area contributed by atoms with Crippen LogP contribution in [0.3, 0.4) is 0 Å². The molecule has 7 heteroatoms. The Bertz CT molecular complexity index is 591. The van der Waals surface area contributed by atoms with Crippen LogP contribution in [-0.2, 0) is 16.5 Å². The average molecular weight is 350 g/mol. The molecular weight excluding hydrogens is 320 g/mol. The number of hydrogen-bond acceptors (Lipinski definition) is 5. The van der Waals surface area contributed by atoms with Gasteiger partial charge in [-0.1, -0.05) is 0 Å². The zero-order valence-electron chi connectivity index (χ0n) is 15.6. The first-order valence-corrected chi connectivity index (χ1v) is 9.10. The van der Waals surface area contributed by atoms with Gasteiger partial charge in [-0.2, -0.15) is 0 Å². The molecule has 1 amide bonds. The monoisotopic (exact) mass is 350 g/mol. The Balaban J connectivity index is 1.56. The number of piperidine rings is 1. The van der Waals surface area contributed by atoms with Crippen molar-refractivity contribution in [2.24, 2.45) is 13.0 Å². The second kappa shape index (κ2) is 7.85. The van der Waals surface area contributed by atoms with Crippen LogP contribution in [0.25, 0.3) is 0 Å². The molecule has 1 aromatic rings. The van der Waals surface area contributed by atoms with Crippen LogP contribution in [0, 0.1) is 5.92 Å². The van der Waals surface area contributed by atoms with Crippen molar-refractivity contribution >= 4 is 5.91 Å². The fourth-order valence-electron chi connectivity index (χ4n) is 4.08. The topological polar surface area (TPSA) is 59.8 Å². The van der Waals surface area contributed by atoms with Crippen molar-refractivity contribution in [1.82, 2.24) is 19.4 Å². The van der Waals surface area contributed by atoms with E-state index in [1.807, 2.05) is 16.5 Å². The van der Waals surface area contributed by atoms with E-state index in [-0.39, 0.29) is 11.5 Å². The molecule has 2 saturated heterocycles. The molecule has 0 aromatic carbocycles. The molecule has 2 aliphatic rings. The van der Waals surface area contributed by atoms with E-state index in [9.17, 15) is 4.79 Å². The normalized spacial score (nSPS) is 26.7. The lowest BCUT2D eigenvalue weighted by atomic mass is 9.86. The first kappa shape index (κ1) is 18.4. The SMILES string of the molecule is COCCN(C)CC1COC2(CCCN(C(=O)c3cn(C)cn3)C2)C1. The Morgan fingerprint density at radius 1 is 1.56 bits per heavy atom. The van der Waals surface area contributed by atoms with Crippen molar-refractivity contribution in [3.8, 4) is 0 Å². The Hall–Kier alpha value is -1.44. The predicted octanol–water partition coefficient (Wildman–Crippen LogP) is 1.01. The van der Waals surface area contributed by atoms with Crippen LogP contribution in [0.5, 0.6) is 0 Å². The van der Waals surface area contributed by atoms with Gasteiger partial charge in [0.05, 0.1) is 31.7 Å². The number of aryl methyl sites for hydroxylation is 1. The average Bonchev–Trinajstić information content (AvgIpc) is 3.19. The number of aromatic nitrogens is 2. The molecule has 3 heterocycles. The first-order valence-electron chi connectivity index (χ1n) is 9.10. The quantitative estimate of drug-likeness (QED) is 0.766. The summed E-state index contributed by atoms with van der Waals surface area (Å²) in [5, 5.41) is 0. The highest BCUT2D eigenvalue weighted by molar-refractivity contribution is 5.92. The van der Waals surface area contributed by atoms with Gasteiger partial charge in [0.1, 0.15) is 5.69 Å². The van der Waals surface area contributed by atoms with Crippen LogP contribution in [0.15, 0.2) is 12.5 Å². The standard InChI is InChI=1S/C18H30N4O3/c1-20(7-8-24-3)10-15-9-18(25-12-15)5-4-6-22(13-18)17(23)16-11-21(2)14-19-16/h11,14-15H,4-10,12-13H2,1-3H3. The molecule has 2 fully saturated rings. The van der Waals surface area contributed by atoms with Gasteiger partial charge in [-0.3, -0.25) is 4.79 Å². The summed E-state index contributed by atoms with van der Waals surface area (Å²) in [6.45, 7) is 4.95. The van der Waals surface area contributed by atoms with Gasteiger partial charge in [-0.25, -0.2) is 4.98 Å². The Morgan fingerprint density at radius 3 is 3.12 bits per heavy atom. The molecule has 3 rings (SSSR count). The minimum Gasteiger partial charge on any atom is -0.383 e. The lowest BCUT2D eigenvalue weighted by molar-refractivity contribution is -0.0451. The number of nitrogens with zero attached hydrogens (tertiary/aromatic N) is 4. The number of methoxy groups -OCH3 is 1. The number of ether oxygens (including phenoxy) is 2. The van der Waals surface area contributed by atoms with E-state index < -0.39 is 0 Å². The van der Waals surface area contributed by atoms with Crippen molar-refractivity contribution in [3.63, 3.8) is 0 Å². The van der Waals surface area contributed by atoms with Crippen molar-refractivity contribution in [2.45, 2.75) is 24.9 Å². The zero-order chi connectivity index (χ0) is 17.9. The van der Waals surface area contributed by atoms with E-state index in [2.05, 4.69) is 16.9 Å². The molecule has 7 nitrogen and oxygen atoms in total. The van der Waals surface area contributed by atoms with Gasteiger partial charge in [0.2, 0.25) is 0 Å². The molecule has 1 aromatic heterocycles. The molecule has 2 unspecified atom stereocenters. The van der Waals surface area contributed by atoms with Crippen molar-refractivity contribution < 1.29 is 14.3 Å². The van der Waals surface area contributed by atoms with E-state index >= 15 is 0 Å². The third-order valence-corrected chi connectivity index (χ3v) is 5.28. The van der Waals surface area contributed by atoms with Gasteiger partial charge >= 0.3 is 0 Å². The van der Waals surface area contributed by atoms with E-state index in [4.69, 9.17) is 9.47 Å². The van der Waals surface area contributed by atoms with Crippen molar-refractivity contribution in [3.05, 3.63) is 18.2 Å². The molecule has 1 spiro atoms. The van der Waals surface area contributed by atoms with E-state index in [0.717, 1.165) is 52.1 Å². The number of hydrogen-bond donors (Lipinski definition) is 0. The van der Waals surface area contributed by atoms with Crippen LogP contribution in [0.1, 0.15) is 29.8 Å². The molecule has 25 heavy (non-hydrogen) atoms. The van der Waals surface area contributed by atoms with Crippen LogP contribution < -0.4 is 0 Å². The highest BCUT2D eigenvalue weighted by atomic mass is 16.5. The molecule has 0 aliphatic carbocycles.